The third kappa shape index (κ3) is 3.52. The van der Waals surface area contributed by atoms with Crippen LogP contribution in [0.3, 0.4) is 0 Å². The summed E-state index contributed by atoms with van der Waals surface area (Å²) in [7, 11) is 0. The van der Waals surface area contributed by atoms with E-state index in [1.165, 1.54) is 0 Å². The number of ether oxygens (including phenoxy) is 1. The molecule has 0 saturated carbocycles. The Balaban J connectivity index is 0.000000200. The average molecular weight is 173 g/mol. The molecule has 3 N–H and O–H groups in total. The molecule has 0 atom stereocenters. The molecule has 0 spiro atoms. The fraction of sp³-hybridized carbons (Fsp3) is 0.400. The molecule has 0 aliphatic carbocycles. The van der Waals surface area contributed by atoms with Crippen molar-refractivity contribution in [1.82, 2.24) is 15.0 Å². The van der Waals surface area contributed by atoms with Crippen LogP contribution >= 0.6 is 0 Å². The molecule has 0 radical (unpaired) electrons. The summed E-state index contributed by atoms with van der Waals surface area (Å²) < 4.78 is 4.50. The monoisotopic (exact) mass is 173 g/mol. The lowest BCUT2D eigenvalue weighted by molar-refractivity contribution is 0.344. The van der Waals surface area contributed by atoms with E-state index in [2.05, 4.69) is 19.7 Å². The van der Waals surface area contributed by atoms with E-state index in [-0.39, 0.29) is 0 Å². The number of hydrogen-bond acceptors (Lipinski definition) is 7. The van der Waals surface area contributed by atoms with E-state index in [4.69, 9.17) is 15.3 Å². The van der Waals surface area contributed by atoms with Crippen LogP contribution in [0.4, 0.5) is 0 Å². The van der Waals surface area contributed by atoms with Gasteiger partial charge in [0.15, 0.2) is 0 Å². The van der Waals surface area contributed by atoms with Gasteiger partial charge in [0.2, 0.25) is 0 Å². The minimum atomic E-state index is -0.708. The lowest BCUT2D eigenvalue weighted by Crippen LogP contribution is -1.85. The molecule has 7 nitrogen and oxygen atoms in total. The number of epoxide rings is 1. The van der Waals surface area contributed by atoms with Crippen molar-refractivity contribution >= 4 is 0 Å². The maximum absolute atomic E-state index is 8.41. The standard InChI is InChI=1S/C3H3N3O3.C2H4O/c7-1-4-2(8)6-3(9)5-1;1-2-3-1/h(H3,4,5,6,7,8,9);1-2H2. The van der Waals surface area contributed by atoms with E-state index in [9.17, 15) is 0 Å². The quantitative estimate of drug-likeness (QED) is 0.431. The van der Waals surface area contributed by atoms with Crippen LogP contribution in [-0.4, -0.2) is 43.5 Å². The molecule has 1 aromatic rings. The van der Waals surface area contributed by atoms with Gasteiger partial charge in [0, 0.05) is 0 Å². The summed E-state index contributed by atoms with van der Waals surface area (Å²) in [5.41, 5.74) is 0. The first-order chi connectivity index (χ1) is 5.68. The molecule has 7 heteroatoms. The maximum Gasteiger partial charge on any atom is 0.323 e. The number of aromatic hydroxyl groups is 3. The maximum atomic E-state index is 8.41. The van der Waals surface area contributed by atoms with Gasteiger partial charge in [-0.05, 0) is 0 Å². The topological polar surface area (TPSA) is 112 Å². The lowest BCUT2D eigenvalue weighted by Gasteiger charge is -1.90. The fourth-order valence-corrected chi connectivity index (χ4v) is 0.343. The van der Waals surface area contributed by atoms with Gasteiger partial charge in [-0.15, -0.1) is 15.0 Å². The zero-order valence-corrected chi connectivity index (χ0v) is 6.01. The van der Waals surface area contributed by atoms with Crippen LogP contribution < -0.4 is 0 Å². The Bertz CT molecular complexity index is 212. The van der Waals surface area contributed by atoms with E-state index >= 15 is 0 Å². The Kier molecular flexibility index (Phi) is 2.59. The fourth-order valence-electron chi connectivity index (χ4n) is 0.343. The van der Waals surface area contributed by atoms with Crippen LogP contribution in [0.25, 0.3) is 0 Å². The minimum Gasteiger partial charge on any atom is -0.479 e. The molecule has 0 unspecified atom stereocenters. The van der Waals surface area contributed by atoms with Gasteiger partial charge in [0.05, 0.1) is 13.2 Å². The van der Waals surface area contributed by atoms with Gasteiger partial charge in [-0.3, -0.25) is 0 Å². The second-order valence-corrected chi connectivity index (χ2v) is 1.85. The van der Waals surface area contributed by atoms with Crippen molar-refractivity contribution in [3.63, 3.8) is 0 Å². The highest BCUT2D eigenvalue weighted by molar-refractivity contribution is 5.04. The highest BCUT2D eigenvalue weighted by Crippen LogP contribution is 2.08. The van der Waals surface area contributed by atoms with E-state index in [0.717, 1.165) is 13.2 Å². The normalized spacial score (nSPS) is 13.0. The average Bonchev–Trinajstić information content (AvgIpc) is 2.65. The van der Waals surface area contributed by atoms with Gasteiger partial charge < -0.3 is 20.1 Å². The smallest absolute Gasteiger partial charge is 0.323 e. The van der Waals surface area contributed by atoms with Crippen LogP contribution in [0.5, 0.6) is 18.0 Å². The van der Waals surface area contributed by atoms with Crippen molar-refractivity contribution in [2.24, 2.45) is 0 Å². The molecule has 2 heterocycles. The molecule has 1 aromatic heterocycles. The van der Waals surface area contributed by atoms with Crippen LogP contribution in [0.2, 0.25) is 0 Å². The second kappa shape index (κ2) is 3.67. The predicted octanol–water partition coefficient (Wildman–Crippen LogP) is -0.995. The Morgan fingerprint density at radius 1 is 0.833 bits per heavy atom. The summed E-state index contributed by atoms with van der Waals surface area (Å²) in [5.74, 6) is 0. The Morgan fingerprint density at radius 2 is 1.08 bits per heavy atom. The summed E-state index contributed by atoms with van der Waals surface area (Å²) in [5, 5.41) is 25.2. The summed E-state index contributed by atoms with van der Waals surface area (Å²) in [4.78, 5) is 8.89. The van der Waals surface area contributed by atoms with E-state index in [1.807, 2.05) is 0 Å². The van der Waals surface area contributed by atoms with Crippen LogP contribution in [-0.2, 0) is 4.74 Å². The molecule has 66 valence electrons. The van der Waals surface area contributed by atoms with E-state index in [0.29, 0.717) is 0 Å². The Labute approximate surface area is 67.3 Å². The molecule has 0 amide bonds. The third-order valence-electron chi connectivity index (χ3n) is 0.804. The van der Waals surface area contributed by atoms with Gasteiger partial charge in [0.25, 0.3) is 0 Å². The number of nitrogens with zero attached hydrogens (tertiary/aromatic N) is 3. The van der Waals surface area contributed by atoms with Gasteiger partial charge in [0.1, 0.15) is 0 Å². The molecule has 2 rings (SSSR count). The third-order valence-corrected chi connectivity index (χ3v) is 0.804. The van der Waals surface area contributed by atoms with Crippen molar-refractivity contribution in [2.75, 3.05) is 13.2 Å². The molecular formula is C5H7N3O4. The van der Waals surface area contributed by atoms with E-state index < -0.39 is 18.0 Å². The second-order valence-electron chi connectivity index (χ2n) is 1.85. The number of aromatic nitrogens is 3. The highest BCUT2D eigenvalue weighted by atomic mass is 16.6. The minimum absolute atomic E-state index is 0.708. The molecule has 12 heavy (non-hydrogen) atoms. The lowest BCUT2D eigenvalue weighted by atomic mass is 10.9. The van der Waals surface area contributed by atoms with Crippen molar-refractivity contribution in [3.05, 3.63) is 0 Å². The van der Waals surface area contributed by atoms with Crippen molar-refractivity contribution in [2.45, 2.75) is 0 Å². The Hall–Kier alpha value is -1.63. The first-order valence-corrected chi connectivity index (χ1v) is 3.09. The van der Waals surface area contributed by atoms with Crippen molar-refractivity contribution < 1.29 is 20.1 Å². The number of hydrogen-bond donors (Lipinski definition) is 3. The molecule has 1 aliphatic heterocycles. The first-order valence-electron chi connectivity index (χ1n) is 3.09. The zero-order chi connectivity index (χ0) is 8.97. The molecular weight excluding hydrogens is 166 g/mol. The van der Waals surface area contributed by atoms with Crippen LogP contribution in [0, 0.1) is 0 Å². The predicted molar refractivity (Wildman–Crippen MR) is 35.6 cm³/mol. The summed E-state index contributed by atoms with van der Waals surface area (Å²) >= 11 is 0. The van der Waals surface area contributed by atoms with E-state index in [1.54, 1.807) is 0 Å². The number of rotatable bonds is 0. The molecule has 0 aromatic carbocycles. The summed E-state index contributed by atoms with van der Waals surface area (Å²) in [6, 6.07) is -2.12. The van der Waals surface area contributed by atoms with Crippen molar-refractivity contribution in [3.8, 4) is 18.0 Å². The largest absolute Gasteiger partial charge is 0.479 e. The molecule has 1 aliphatic rings. The van der Waals surface area contributed by atoms with Crippen molar-refractivity contribution in [1.29, 1.82) is 0 Å². The molecule has 1 saturated heterocycles. The van der Waals surface area contributed by atoms with Gasteiger partial charge in [-0.2, -0.15) is 0 Å². The van der Waals surface area contributed by atoms with Crippen LogP contribution in [0.1, 0.15) is 0 Å². The van der Waals surface area contributed by atoms with Gasteiger partial charge >= 0.3 is 18.0 Å². The van der Waals surface area contributed by atoms with Gasteiger partial charge in [-0.25, -0.2) is 0 Å². The highest BCUT2D eigenvalue weighted by Gasteiger charge is 1.99. The first kappa shape index (κ1) is 8.47. The SMILES string of the molecule is C1CO1.Oc1nc(O)nc(O)n1. The van der Waals surface area contributed by atoms with Crippen LogP contribution in [0.15, 0.2) is 0 Å². The summed E-state index contributed by atoms with van der Waals surface area (Å²) in [6.45, 7) is 2.00. The molecule has 0 bridgehead atoms. The summed E-state index contributed by atoms with van der Waals surface area (Å²) in [6.07, 6.45) is 0. The van der Waals surface area contributed by atoms with Gasteiger partial charge in [-0.1, -0.05) is 0 Å². The zero-order valence-electron chi connectivity index (χ0n) is 6.01. The Morgan fingerprint density at radius 3 is 1.25 bits per heavy atom. The molecule has 1 fully saturated rings.